The van der Waals surface area contributed by atoms with Crippen LogP contribution in [0.2, 0.25) is 0 Å². The van der Waals surface area contributed by atoms with Crippen molar-refractivity contribution in [1.82, 2.24) is 0 Å². The van der Waals surface area contributed by atoms with Gasteiger partial charge in [-0.2, -0.15) is 0 Å². The summed E-state index contributed by atoms with van der Waals surface area (Å²) in [6, 6.07) is 0. The molecule has 0 amide bonds. The highest BCUT2D eigenvalue weighted by atomic mass is 14.2. The molecule has 2 aliphatic carbocycles. The molecule has 0 saturated heterocycles. The van der Waals surface area contributed by atoms with Crippen LogP contribution in [-0.4, -0.2) is 0 Å². The highest BCUT2D eigenvalue weighted by molar-refractivity contribution is 5.28. The molecule has 2 atom stereocenters. The van der Waals surface area contributed by atoms with Gasteiger partial charge in [-0.05, 0) is 43.9 Å². The Morgan fingerprint density at radius 2 is 1.71 bits per heavy atom. The van der Waals surface area contributed by atoms with E-state index in [9.17, 15) is 0 Å². The number of hydrogen-bond donors (Lipinski definition) is 0. The fraction of sp³-hybridized carbons (Fsp3) is 0.529. The highest BCUT2D eigenvalue weighted by Gasteiger charge is 2.19. The van der Waals surface area contributed by atoms with Crippen LogP contribution >= 0.6 is 0 Å². The first-order valence-electron chi connectivity index (χ1n) is 6.87. The van der Waals surface area contributed by atoms with Crippen molar-refractivity contribution in [3.63, 3.8) is 0 Å². The van der Waals surface area contributed by atoms with Crippen molar-refractivity contribution in [2.45, 2.75) is 40.0 Å². The predicted octanol–water partition coefficient (Wildman–Crippen LogP) is 5.06. The van der Waals surface area contributed by atoms with Gasteiger partial charge in [0.1, 0.15) is 0 Å². The first-order chi connectivity index (χ1) is 8.15. The number of hydrogen-bond acceptors (Lipinski definition) is 0. The van der Waals surface area contributed by atoms with Crippen LogP contribution in [0.15, 0.2) is 47.6 Å². The van der Waals surface area contributed by atoms with E-state index in [2.05, 4.69) is 57.2 Å². The smallest absolute Gasteiger partial charge is 0.0129 e. The Kier molecular flexibility index (Phi) is 4.04. The van der Waals surface area contributed by atoms with Crippen molar-refractivity contribution in [3.05, 3.63) is 47.6 Å². The predicted molar refractivity (Wildman–Crippen MR) is 75.8 cm³/mol. The minimum Gasteiger partial charge on any atom is -0.0810 e. The third kappa shape index (κ3) is 3.46. The lowest BCUT2D eigenvalue weighted by Crippen LogP contribution is -2.13. The Balaban J connectivity index is 1.90. The first-order valence-corrected chi connectivity index (χ1v) is 6.87. The molecule has 17 heavy (non-hydrogen) atoms. The fourth-order valence-corrected chi connectivity index (χ4v) is 2.68. The maximum atomic E-state index is 2.45. The van der Waals surface area contributed by atoms with Crippen LogP contribution in [0.1, 0.15) is 40.0 Å². The van der Waals surface area contributed by atoms with Crippen molar-refractivity contribution in [2.24, 2.45) is 17.8 Å². The summed E-state index contributed by atoms with van der Waals surface area (Å²) in [6.07, 6.45) is 17.9. The van der Waals surface area contributed by atoms with E-state index in [0.717, 1.165) is 5.92 Å². The zero-order valence-electron chi connectivity index (χ0n) is 11.3. The molecule has 0 radical (unpaired) electrons. The lowest BCUT2D eigenvalue weighted by molar-refractivity contribution is 0.472. The molecule has 0 saturated carbocycles. The maximum absolute atomic E-state index is 2.45. The van der Waals surface area contributed by atoms with Gasteiger partial charge in [0.15, 0.2) is 0 Å². The van der Waals surface area contributed by atoms with E-state index in [1.807, 2.05) is 0 Å². The van der Waals surface area contributed by atoms with E-state index in [1.54, 1.807) is 0 Å². The SMILES string of the molecule is CC1=CCC(C2C=CC(CC(C)C)=CC2)C=C1. The summed E-state index contributed by atoms with van der Waals surface area (Å²) in [5.74, 6) is 2.20. The van der Waals surface area contributed by atoms with Crippen LogP contribution in [0.25, 0.3) is 0 Å². The molecule has 2 unspecified atom stereocenters. The van der Waals surface area contributed by atoms with Crippen LogP contribution in [0, 0.1) is 17.8 Å². The van der Waals surface area contributed by atoms with Gasteiger partial charge in [-0.3, -0.25) is 0 Å². The van der Waals surface area contributed by atoms with Crippen molar-refractivity contribution in [3.8, 4) is 0 Å². The quantitative estimate of drug-likeness (QED) is 0.633. The summed E-state index contributed by atoms with van der Waals surface area (Å²) in [5.41, 5.74) is 2.94. The van der Waals surface area contributed by atoms with Gasteiger partial charge in [-0.25, -0.2) is 0 Å². The molecule has 0 heteroatoms. The molecule has 0 spiro atoms. The van der Waals surface area contributed by atoms with Crippen LogP contribution in [0.5, 0.6) is 0 Å². The second-order valence-electron chi connectivity index (χ2n) is 5.84. The molecule has 0 aliphatic heterocycles. The van der Waals surface area contributed by atoms with Crippen molar-refractivity contribution >= 4 is 0 Å². The first kappa shape index (κ1) is 12.4. The molecule has 92 valence electrons. The van der Waals surface area contributed by atoms with Gasteiger partial charge in [0, 0.05) is 0 Å². The van der Waals surface area contributed by atoms with Crippen LogP contribution in [0.4, 0.5) is 0 Å². The standard InChI is InChI=1S/C17H24/c1-13(2)12-15-6-10-17(11-7-15)16-8-4-14(3)5-9-16/h4-8,10,13,16-17H,9,11-12H2,1-3H3. The van der Waals surface area contributed by atoms with Crippen LogP contribution < -0.4 is 0 Å². The minimum atomic E-state index is 0.714. The summed E-state index contributed by atoms with van der Waals surface area (Å²) in [6.45, 7) is 6.76. The van der Waals surface area contributed by atoms with Crippen molar-refractivity contribution in [1.29, 1.82) is 0 Å². The summed E-state index contributed by atoms with van der Waals surface area (Å²) < 4.78 is 0. The Hall–Kier alpha value is -1.04. The fourth-order valence-electron chi connectivity index (χ4n) is 2.68. The molecule has 0 aromatic carbocycles. The largest absolute Gasteiger partial charge is 0.0810 e. The molecule has 0 bridgehead atoms. The maximum Gasteiger partial charge on any atom is -0.0129 e. The summed E-state index contributed by atoms with van der Waals surface area (Å²) >= 11 is 0. The summed E-state index contributed by atoms with van der Waals surface area (Å²) in [7, 11) is 0. The summed E-state index contributed by atoms with van der Waals surface area (Å²) in [5, 5.41) is 0. The third-order valence-electron chi connectivity index (χ3n) is 3.72. The Bertz CT molecular complexity index is 377. The molecular weight excluding hydrogens is 204 g/mol. The van der Waals surface area contributed by atoms with Crippen LogP contribution in [0.3, 0.4) is 0 Å². The van der Waals surface area contributed by atoms with E-state index >= 15 is 0 Å². The van der Waals surface area contributed by atoms with Gasteiger partial charge in [0.2, 0.25) is 0 Å². The van der Waals surface area contributed by atoms with Gasteiger partial charge < -0.3 is 0 Å². The van der Waals surface area contributed by atoms with Gasteiger partial charge in [0.25, 0.3) is 0 Å². The average Bonchev–Trinajstić information content (AvgIpc) is 2.30. The lowest BCUT2D eigenvalue weighted by atomic mass is 9.80. The van der Waals surface area contributed by atoms with Gasteiger partial charge in [-0.1, -0.05) is 61.4 Å². The molecule has 0 aromatic rings. The Morgan fingerprint density at radius 1 is 1.06 bits per heavy atom. The molecule has 0 heterocycles. The van der Waals surface area contributed by atoms with Gasteiger partial charge in [-0.15, -0.1) is 0 Å². The monoisotopic (exact) mass is 228 g/mol. The topological polar surface area (TPSA) is 0 Å². The molecule has 0 aromatic heterocycles. The molecule has 2 rings (SSSR count). The minimum absolute atomic E-state index is 0.714. The van der Waals surface area contributed by atoms with E-state index < -0.39 is 0 Å². The zero-order chi connectivity index (χ0) is 12.3. The van der Waals surface area contributed by atoms with E-state index in [4.69, 9.17) is 0 Å². The Labute approximate surface area is 106 Å². The molecule has 0 N–H and O–H groups in total. The zero-order valence-corrected chi connectivity index (χ0v) is 11.3. The molecule has 0 fully saturated rings. The number of rotatable bonds is 3. The number of allylic oxidation sites excluding steroid dienone is 8. The second kappa shape index (κ2) is 5.53. The van der Waals surface area contributed by atoms with Crippen molar-refractivity contribution < 1.29 is 0 Å². The van der Waals surface area contributed by atoms with E-state index in [0.29, 0.717) is 11.8 Å². The van der Waals surface area contributed by atoms with Gasteiger partial charge in [0.05, 0.1) is 0 Å². The normalized spacial score (nSPS) is 28.2. The molecule has 2 aliphatic rings. The third-order valence-corrected chi connectivity index (χ3v) is 3.72. The average molecular weight is 228 g/mol. The van der Waals surface area contributed by atoms with E-state index in [-0.39, 0.29) is 0 Å². The van der Waals surface area contributed by atoms with Crippen molar-refractivity contribution in [2.75, 3.05) is 0 Å². The Morgan fingerprint density at radius 3 is 2.18 bits per heavy atom. The molecular formula is C17H24. The second-order valence-corrected chi connectivity index (χ2v) is 5.84. The molecule has 0 nitrogen and oxygen atoms in total. The van der Waals surface area contributed by atoms with Crippen LogP contribution in [-0.2, 0) is 0 Å². The lowest BCUT2D eigenvalue weighted by Gasteiger charge is -2.25. The highest BCUT2D eigenvalue weighted by Crippen LogP contribution is 2.31. The van der Waals surface area contributed by atoms with E-state index in [1.165, 1.54) is 30.4 Å². The summed E-state index contributed by atoms with van der Waals surface area (Å²) in [4.78, 5) is 0. The van der Waals surface area contributed by atoms with Gasteiger partial charge >= 0.3 is 0 Å².